The number of fused-ring (bicyclic) bond motifs is 1. The van der Waals surface area contributed by atoms with Crippen molar-refractivity contribution in [2.24, 2.45) is 0 Å². The first-order chi connectivity index (χ1) is 10.1. The molecule has 21 heavy (non-hydrogen) atoms. The van der Waals surface area contributed by atoms with Gasteiger partial charge in [0.1, 0.15) is 5.69 Å². The molecule has 6 heteroatoms. The van der Waals surface area contributed by atoms with Crippen molar-refractivity contribution in [2.45, 2.75) is 6.92 Å². The Labute approximate surface area is 119 Å². The molecule has 0 amide bonds. The summed E-state index contributed by atoms with van der Waals surface area (Å²) in [6.45, 7) is 1.94. The molecule has 0 aliphatic carbocycles. The summed E-state index contributed by atoms with van der Waals surface area (Å²) in [4.78, 5) is 21.6. The van der Waals surface area contributed by atoms with Crippen LogP contribution in [-0.2, 0) is 0 Å². The maximum Gasteiger partial charge on any atom is 0.271 e. The van der Waals surface area contributed by atoms with Crippen LogP contribution >= 0.6 is 0 Å². The normalized spacial score (nSPS) is 10.7. The van der Waals surface area contributed by atoms with Gasteiger partial charge in [-0.15, -0.1) is 0 Å². The molecule has 0 bridgehead atoms. The Bertz CT molecular complexity index is 868. The summed E-state index contributed by atoms with van der Waals surface area (Å²) in [7, 11) is 0. The van der Waals surface area contributed by atoms with Gasteiger partial charge >= 0.3 is 0 Å². The zero-order chi connectivity index (χ0) is 15.0. The molecule has 0 aliphatic heterocycles. The number of nitrogens with zero attached hydrogens (tertiary/aromatic N) is 3. The zero-order valence-corrected chi connectivity index (χ0v) is 11.2. The van der Waals surface area contributed by atoms with Crippen molar-refractivity contribution in [3.05, 3.63) is 63.8 Å². The van der Waals surface area contributed by atoms with E-state index in [1.807, 2.05) is 31.2 Å². The Morgan fingerprint density at radius 2 is 2.05 bits per heavy atom. The third-order valence-electron chi connectivity index (χ3n) is 3.26. The van der Waals surface area contributed by atoms with Gasteiger partial charge in [-0.05, 0) is 30.7 Å². The topological polar surface area (TPSA) is 78.0 Å². The summed E-state index contributed by atoms with van der Waals surface area (Å²) in [5.74, 6) is 0. The Hall–Kier alpha value is -3.02. The molecule has 2 aromatic carbocycles. The number of non-ortho nitro benzene ring substituents is 1. The van der Waals surface area contributed by atoms with E-state index in [1.54, 1.807) is 10.7 Å². The van der Waals surface area contributed by atoms with Crippen molar-refractivity contribution in [1.82, 2.24) is 9.78 Å². The molecule has 104 valence electrons. The van der Waals surface area contributed by atoms with Crippen LogP contribution in [0.25, 0.3) is 16.6 Å². The van der Waals surface area contributed by atoms with Gasteiger partial charge in [0.25, 0.3) is 5.69 Å². The minimum absolute atomic E-state index is 0.0336. The first kappa shape index (κ1) is 13.0. The third-order valence-corrected chi connectivity index (χ3v) is 3.26. The van der Waals surface area contributed by atoms with Crippen LogP contribution in [0.3, 0.4) is 0 Å². The van der Waals surface area contributed by atoms with Crippen LogP contribution in [0.1, 0.15) is 16.1 Å². The van der Waals surface area contributed by atoms with E-state index in [-0.39, 0.29) is 11.4 Å². The molecule has 0 atom stereocenters. The highest BCUT2D eigenvalue weighted by atomic mass is 16.6. The third kappa shape index (κ3) is 2.16. The zero-order valence-electron chi connectivity index (χ0n) is 11.2. The van der Waals surface area contributed by atoms with Gasteiger partial charge in [-0.3, -0.25) is 14.9 Å². The molecule has 0 saturated carbocycles. The number of benzene rings is 2. The van der Waals surface area contributed by atoms with E-state index < -0.39 is 4.92 Å². The molecule has 0 spiro atoms. The quantitative estimate of drug-likeness (QED) is 0.420. The van der Waals surface area contributed by atoms with E-state index in [0.29, 0.717) is 17.2 Å². The first-order valence-corrected chi connectivity index (χ1v) is 6.29. The van der Waals surface area contributed by atoms with Crippen LogP contribution in [0.15, 0.2) is 42.5 Å². The van der Waals surface area contributed by atoms with Gasteiger partial charge in [-0.1, -0.05) is 12.1 Å². The second-order valence-corrected chi connectivity index (χ2v) is 4.71. The average molecular weight is 281 g/mol. The Morgan fingerprint density at radius 1 is 1.24 bits per heavy atom. The Morgan fingerprint density at radius 3 is 2.71 bits per heavy atom. The van der Waals surface area contributed by atoms with Gasteiger partial charge in [0, 0.05) is 17.5 Å². The molecule has 0 fully saturated rings. The van der Waals surface area contributed by atoms with Crippen molar-refractivity contribution >= 4 is 22.9 Å². The summed E-state index contributed by atoms with van der Waals surface area (Å²) in [6.07, 6.45) is 0.653. The summed E-state index contributed by atoms with van der Waals surface area (Å²) in [6, 6.07) is 11.9. The lowest BCUT2D eigenvalue weighted by Gasteiger charge is -2.04. The van der Waals surface area contributed by atoms with E-state index in [2.05, 4.69) is 5.10 Å². The Balaban J connectivity index is 2.33. The first-order valence-electron chi connectivity index (χ1n) is 6.29. The van der Waals surface area contributed by atoms with Crippen LogP contribution in [0.2, 0.25) is 0 Å². The van der Waals surface area contributed by atoms with Gasteiger partial charge in [0.2, 0.25) is 0 Å². The maximum atomic E-state index is 11.1. The average Bonchev–Trinajstić information content (AvgIpc) is 2.85. The standard InChI is InChI=1S/C15H11N3O3/c1-10-3-2-4-11(7-10)17-15-8-12(18(20)21)5-6-13(15)14(9-19)16-17/h2-9H,1H3. The molecule has 0 aliphatic rings. The minimum atomic E-state index is -0.465. The number of nitro benzene ring substituents is 1. The van der Waals surface area contributed by atoms with Crippen molar-refractivity contribution in [2.75, 3.05) is 0 Å². The summed E-state index contributed by atoms with van der Waals surface area (Å²) in [5.41, 5.74) is 2.56. The number of carbonyl (C=O) groups excluding carboxylic acids is 1. The smallest absolute Gasteiger partial charge is 0.271 e. The molecule has 0 unspecified atom stereocenters. The van der Waals surface area contributed by atoms with E-state index >= 15 is 0 Å². The van der Waals surface area contributed by atoms with Crippen molar-refractivity contribution < 1.29 is 9.72 Å². The summed E-state index contributed by atoms with van der Waals surface area (Å²) < 4.78 is 1.55. The molecule has 0 N–H and O–H groups in total. The highest BCUT2D eigenvalue weighted by molar-refractivity contribution is 5.96. The fourth-order valence-corrected chi connectivity index (χ4v) is 2.28. The highest BCUT2D eigenvalue weighted by Crippen LogP contribution is 2.25. The molecule has 6 nitrogen and oxygen atoms in total. The molecular weight excluding hydrogens is 270 g/mol. The SMILES string of the molecule is Cc1cccc(-n2nc(C=O)c3ccc([N+](=O)[O-])cc32)c1. The fraction of sp³-hybridized carbons (Fsp3) is 0.0667. The lowest BCUT2D eigenvalue weighted by Crippen LogP contribution is -1.97. The number of rotatable bonds is 3. The van der Waals surface area contributed by atoms with Crippen LogP contribution in [0, 0.1) is 17.0 Å². The molecule has 0 radical (unpaired) electrons. The van der Waals surface area contributed by atoms with E-state index in [1.165, 1.54) is 12.1 Å². The highest BCUT2D eigenvalue weighted by Gasteiger charge is 2.15. The van der Waals surface area contributed by atoms with Crippen LogP contribution in [-0.4, -0.2) is 21.0 Å². The lowest BCUT2D eigenvalue weighted by atomic mass is 10.2. The summed E-state index contributed by atoms with van der Waals surface area (Å²) in [5, 5.41) is 15.8. The fourth-order valence-electron chi connectivity index (χ4n) is 2.28. The molecule has 1 heterocycles. The summed E-state index contributed by atoms with van der Waals surface area (Å²) >= 11 is 0. The molecule has 3 rings (SSSR count). The number of nitro groups is 1. The number of hydrogen-bond donors (Lipinski definition) is 0. The monoisotopic (exact) mass is 281 g/mol. The predicted molar refractivity (Wildman–Crippen MR) is 77.8 cm³/mol. The van der Waals surface area contributed by atoms with Gasteiger partial charge in [0.05, 0.1) is 16.1 Å². The number of carbonyl (C=O) groups is 1. The largest absolute Gasteiger partial charge is 0.296 e. The van der Waals surface area contributed by atoms with Crippen molar-refractivity contribution in [3.63, 3.8) is 0 Å². The number of aryl methyl sites for hydroxylation is 1. The maximum absolute atomic E-state index is 11.1. The van der Waals surface area contributed by atoms with E-state index in [9.17, 15) is 14.9 Å². The van der Waals surface area contributed by atoms with Gasteiger partial charge < -0.3 is 0 Å². The second-order valence-electron chi connectivity index (χ2n) is 4.71. The van der Waals surface area contributed by atoms with Crippen LogP contribution < -0.4 is 0 Å². The molecule has 1 aromatic heterocycles. The predicted octanol–water partition coefficient (Wildman–Crippen LogP) is 3.05. The number of aldehydes is 1. The van der Waals surface area contributed by atoms with Gasteiger partial charge in [-0.25, -0.2) is 4.68 Å². The molecule has 0 saturated heterocycles. The van der Waals surface area contributed by atoms with E-state index in [0.717, 1.165) is 11.3 Å². The molecular formula is C15H11N3O3. The van der Waals surface area contributed by atoms with Crippen molar-refractivity contribution in [1.29, 1.82) is 0 Å². The minimum Gasteiger partial charge on any atom is -0.296 e. The number of hydrogen-bond acceptors (Lipinski definition) is 4. The van der Waals surface area contributed by atoms with Crippen LogP contribution in [0.5, 0.6) is 0 Å². The number of aromatic nitrogens is 2. The van der Waals surface area contributed by atoms with Gasteiger partial charge in [-0.2, -0.15) is 5.10 Å². The Kier molecular flexibility index (Phi) is 2.98. The van der Waals surface area contributed by atoms with Crippen molar-refractivity contribution in [3.8, 4) is 5.69 Å². The second kappa shape index (κ2) is 4.82. The van der Waals surface area contributed by atoms with Crippen LogP contribution in [0.4, 0.5) is 5.69 Å². The van der Waals surface area contributed by atoms with E-state index in [4.69, 9.17) is 0 Å². The molecule has 3 aromatic rings. The van der Waals surface area contributed by atoms with Gasteiger partial charge in [0.15, 0.2) is 6.29 Å². The lowest BCUT2D eigenvalue weighted by molar-refractivity contribution is -0.384.